The van der Waals surface area contributed by atoms with E-state index in [4.69, 9.17) is 4.42 Å². The number of aliphatic hydroxyl groups is 2. The maximum Gasteiger partial charge on any atom is 0.336 e. The first-order chi connectivity index (χ1) is 11.0. The maximum atomic E-state index is 11.9. The smallest absolute Gasteiger partial charge is 0.336 e. The van der Waals surface area contributed by atoms with Gasteiger partial charge in [0, 0.05) is 37.1 Å². The fourth-order valence-corrected chi connectivity index (χ4v) is 3.45. The lowest BCUT2D eigenvalue weighted by molar-refractivity contribution is -0.00434. The van der Waals surface area contributed by atoms with Gasteiger partial charge in [-0.3, -0.25) is 4.90 Å². The SMILES string of the molecule is Cc1cc(C)c2oc(=O)cc(CN3CC[C@H](CO)[C@@H](O)C3)c2c1. The predicted octanol–water partition coefficient (Wildman–Crippen LogP) is 1.58. The monoisotopic (exact) mass is 317 g/mol. The summed E-state index contributed by atoms with van der Waals surface area (Å²) in [4.78, 5) is 14.0. The van der Waals surface area contributed by atoms with Gasteiger partial charge in [-0.15, -0.1) is 0 Å². The molecule has 0 aliphatic carbocycles. The molecule has 1 fully saturated rings. The van der Waals surface area contributed by atoms with E-state index in [0.717, 1.165) is 35.0 Å². The molecule has 2 atom stereocenters. The van der Waals surface area contributed by atoms with Crippen LogP contribution >= 0.6 is 0 Å². The van der Waals surface area contributed by atoms with Crippen LogP contribution in [0.5, 0.6) is 0 Å². The van der Waals surface area contributed by atoms with Gasteiger partial charge in [-0.05, 0) is 49.6 Å². The van der Waals surface area contributed by atoms with Crippen LogP contribution in [0.25, 0.3) is 11.0 Å². The number of aryl methyl sites for hydroxylation is 2. The second-order valence-electron chi connectivity index (χ2n) is 6.58. The molecular formula is C18H23NO4. The zero-order valence-corrected chi connectivity index (χ0v) is 13.6. The summed E-state index contributed by atoms with van der Waals surface area (Å²) in [5.74, 6) is -0.0478. The molecule has 1 saturated heterocycles. The van der Waals surface area contributed by atoms with Crippen molar-refractivity contribution in [2.75, 3.05) is 19.7 Å². The fourth-order valence-electron chi connectivity index (χ4n) is 3.45. The molecule has 3 rings (SSSR count). The van der Waals surface area contributed by atoms with Crippen LogP contribution in [-0.4, -0.2) is 40.9 Å². The zero-order chi connectivity index (χ0) is 16.6. The molecule has 0 radical (unpaired) electrons. The van der Waals surface area contributed by atoms with Crippen molar-refractivity contribution in [3.05, 3.63) is 45.3 Å². The molecule has 0 amide bonds. The molecular weight excluding hydrogens is 294 g/mol. The van der Waals surface area contributed by atoms with Crippen molar-refractivity contribution in [3.8, 4) is 0 Å². The molecule has 0 bridgehead atoms. The van der Waals surface area contributed by atoms with E-state index in [1.165, 1.54) is 0 Å². The Labute approximate surface area is 135 Å². The van der Waals surface area contributed by atoms with E-state index < -0.39 is 6.10 Å². The number of aliphatic hydroxyl groups excluding tert-OH is 2. The van der Waals surface area contributed by atoms with Gasteiger partial charge < -0.3 is 14.6 Å². The highest BCUT2D eigenvalue weighted by Crippen LogP contribution is 2.25. The van der Waals surface area contributed by atoms with E-state index in [9.17, 15) is 15.0 Å². The third-order valence-electron chi connectivity index (χ3n) is 4.69. The number of benzene rings is 1. The van der Waals surface area contributed by atoms with Crippen molar-refractivity contribution < 1.29 is 14.6 Å². The van der Waals surface area contributed by atoms with Crippen molar-refractivity contribution >= 4 is 11.0 Å². The van der Waals surface area contributed by atoms with Gasteiger partial charge in [-0.2, -0.15) is 0 Å². The number of piperidine rings is 1. The first-order valence-corrected chi connectivity index (χ1v) is 8.03. The Morgan fingerprint density at radius 3 is 2.78 bits per heavy atom. The molecule has 2 aromatic rings. The van der Waals surface area contributed by atoms with Crippen LogP contribution in [0.3, 0.4) is 0 Å². The number of rotatable bonds is 3. The second-order valence-corrected chi connectivity index (χ2v) is 6.58. The number of fused-ring (bicyclic) bond motifs is 1. The lowest BCUT2D eigenvalue weighted by Gasteiger charge is -2.35. The summed E-state index contributed by atoms with van der Waals surface area (Å²) >= 11 is 0. The Bertz CT molecular complexity index is 767. The van der Waals surface area contributed by atoms with Crippen LogP contribution in [-0.2, 0) is 6.54 Å². The Hall–Kier alpha value is -1.69. The van der Waals surface area contributed by atoms with Crippen LogP contribution < -0.4 is 5.63 Å². The average Bonchev–Trinajstić information content (AvgIpc) is 2.49. The van der Waals surface area contributed by atoms with Crippen LogP contribution in [0, 0.1) is 19.8 Å². The summed E-state index contributed by atoms with van der Waals surface area (Å²) < 4.78 is 5.38. The first kappa shape index (κ1) is 16.2. The van der Waals surface area contributed by atoms with Crippen LogP contribution in [0.2, 0.25) is 0 Å². The average molecular weight is 317 g/mol. The minimum absolute atomic E-state index is 0.0191. The molecule has 5 nitrogen and oxygen atoms in total. The Morgan fingerprint density at radius 1 is 1.30 bits per heavy atom. The summed E-state index contributed by atoms with van der Waals surface area (Å²) in [6, 6.07) is 5.59. The highest BCUT2D eigenvalue weighted by molar-refractivity contribution is 5.83. The van der Waals surface area contributed by atoms with Crippen LogP contribution in [0.4, 0.5) is 0 Å². The summed E-state index contributed by atoms with van der Waals surface area (Å²) in [6.45, 7) is 5.90. The maximum absolute atomic E-state index is 11.9. The Balaban J connectivity index is 1.93. The van der Waals surface area contributed by atoms with Gasteiger partial charge in [0.15, 0.2) is 0 Å². The number of hydrogen-bond acceptors (Lipinski definition) is 5. The number of β-amino-alcohol motifs (C(OH)–C–C–N with tert-alkyl or cyclic N) is 1. The molecule has 2 heterocycles. The van der Waals surface area contributed by atoms with E-state index in [0.29, 0.717) is 18.7 Å². The Morgan fingerprint density at radius 2 is 2.09 bits per heavy atom. The Kier molecular flexibility index (Phi) is 4.53. The molecule has 5 heteroatoms. The van der Waals surface area contributed by atoms with Crippen molar-refractivity contribution in [1.82, 2.24) is 4.90 Å². The number of hydrogen-bond donors (Lipinski definition) is 2. The lowest BCUT2D eigenvalue weighted by Crippen LogP contribution is -2.44. The molecule has 0 saturated carbocycles. The quantitative estimate of drug-likeness (QED) is 0.841. The molecule has 1 aliphatic heterocycles. The molecule has 1 aliphatic rings. The number of nitrogens with zero attached hydrogens (tertiary/aromatic N) is 1. The first-order valence-electron chi connectivity index (χ1n) is 8.03. The van der Waals surface area contributed by atoms with Gasteiger partial charge in [0.25, 0.3) is 0 Å². The molecule has 124 valence electrons. The van der Waals surface area contributed by atoms with E-state index in [-0.39, 0.29) is 18.2 Å². The van der Waals surface area contributed by atoms with Gasteiger partial charge in [-0.1, -0.05) is 6.07 Å². The molecule has 2 N–H and O–H groups in total. The second kappa shape index (κ2) is 6.43. The summed E-state index contributed by atoms with van der Waals surface area (Å²) in [6.07, 6.45) is 0.235. The van der Waals surface area contributed by atoms with E-state index in [1.807, 2.05) is 26.0 Å². The van der Waals surface area contributed by atoms with Crippen LogP contribution in [0.1, 0.15) is 23.1 Å². The fraction of sp³-hybridized carbons (Fsp3) is 0.500. The molecule has 1 aromatic carbocycles. The van der Waals surface area contributed by atoms with Gasteiger partial charge in [0.05, 0.1) is 6.10 Å². The van der Waals surface area contributed by atoms with Crippen LogP contribution in [0.15, 0.2) is 27.4 Å². The highest BCUT2D eigenvalue weighted by Gasteiger charge is 2.27. The summed E-state index contributed by atoms with van der Waals surface area (Å²) in [7, 11) is 0. The molecule has 23 heavy (non-hydrogen) atoms. The summed E-state index contributed by atoms with van der Waals surface area (Å²) in [5.41, 5.74) is 3.31. The van der Waals surface area contributed by atoms with Crippen molar-refractivity contribution in [3.63, 3.8) is 0 Å². The normalized spacial score (nSPS) is 22.6. The van der Waals surface area contributed by atoms with Gasteiger partial charge in [0.2, 0.25) is 0 Å². The van der Waals surface area contributed by atoms with E-state index in [1.54, 1.807) is 6.07 Å². The topological polar surface area (TPSA) is 73.9 Å². The minimum atomic E-state index is -0.524. The third-order valence-corrected chi connectivity index (χ3v) is 4.69. The van der Waals surface area contributed by atoms with E-state index in [2.05, 4.69) is 4.90 Å². The lowest BCUT2D eigenvalue weighted by atomic mass is 9.94. The van der Waals surface area contributed by atoms with E-state index >= 15 is 0 Å². The third kappa shape index (κ3) is 3.32. The zero-order valence-electron chi connectivity index (χ0n) is 13.6. The van der Waals surface area contributed by atoms with Crippen molar-refractivity contribution in [1.29, 1.82) is 0 Å². The highest BCUT2D eigenvalue weighted by atomic mass is 16.4. The predicted molar refractivity (Wildman–Crippen MR) is 88.4 cm³/mol. The molecule has 0 unspecified atom stereocenters. The van der Waals surface area contributed by atoms with Gasteiger partial charge in [-0.25, -0.2) is 4.79 Å². The van der Waals surface area contributed by atoms with Crippen molar-refractivity contribution in [2.45, 2.75) is 32.9 Å². The number of likely N-dealkylation sites (tertiary alicyclic amines) is 1. The van der Waals surface area contributed by atoms with Crippen molar-refractivity contribution in [2.24, 2.45) is 5.92 Å². The molecule has 0 spiro atoms. The summed E-state index contributed by atoms with van der Waals surface area (Å²) in [5, 5.41) is 20.3. The van der Waals surface area contributed by atoms with Gasteiger partial charge in [0.1, 0.15) is 5.58 Å². The standard InChI is InChI=1S/C18H23NO4/c1-11-5-12(2)18-15(6-11)14(7-17(22)23-18)8-19-4-3-13(10-20)16(21)9-19/h5-7,13,16,20-21H,3-4,8-10H2,1-2H3/t13-,16+/m1/s1. The minimum Gasteiger partial charge on any atom is -0.422 e. The largest absolute Gasteiger partial charge is 0.422 e. The molecule has 1 aromatic heterocycles. The van der Waals surface area contributed by atoms with Gasteiger partial charge >= 0.3 is 5.63 Å².